The summed E-state index contributed by atoms with van der Waals surface area (Å²) in [6.45, 7) is 7.35. The molecule has 1 aromatic rings. The molecule has 1 N–H and O–H groups in total. The van der Waals surface area contributed by atoms with E-state index in [1.807, 2.05) is 11.8 Å². The fourth-order valence-electron chi connectivity index (χ4n) is 2.45. The van der Waals surface area contributed by atoms with E-state index in [-0.39, 0.29) is 0 Å². The zero-order valence-corrected chi connectivity index (χ0v) is 12.8. The van der Waals surface area contributed by atoms with Crippen molar-refractivity contribution in [1.29, 1.82) is 0 Å². The van der Waals surface area contributed by atoms with Crippen LogP contribution in [-0.2, 0) is 4.74 Å². The standard InChI is InChI=1S/C16H25NOS/c1-3-8-17-16(14-7-9-18-11-14)12-19-15-6-4-5-13(2)10-15/h4-6,10,14,16-17H,3,7-9,11-12H2,1-2H3. The number of ether oxygens (including phenoxy) is 1. The van der Waals surface area contributed by atoms with Crippen molar-refractivity contribution in [2.45, 2.75) is 37.6 Å². The van der Waals surface area contributed by atoms with Gasteiger partial charge < -0.3 is 10.1 Å². The van der Waals surface area contributed by atoms with Crippen LogP contribution in [0.5, 0.6) is 0 Å². The molecule has 2 nitrogen and oxygen atoms in total. The molecular weight excluding hydrogens is 254 g/mol. The van der Waals surface area contributed by atoms with Crippen molar-refractivity contribution in [2.24, 2.45) is 5.92 Å². The molecule has 2 atom stereocenters. The van der Waals surface area contributed by atoms with Gasteiger partial charge in [-0.2, -0.15) is 0 Å². The summed E-state index contributed by atoms with van der Waals surface area (Å²) >= 11 is 1.96. The molecule has 1 aliphatic heterocycles. The van der Waals surface area contributed by atoms with Crippen LogP contribution in [0.4, 0.5) is 0 Å². The Bertz CT molecular complexity index is 377. The first-order valence-corrected chi connectivity index (χ1v) is 8.28. The summed E-state index contributed by atoms with van der Waals surface area (Å²) in [5.41, 5.74) is 1.34. The van der Waals surface area contributed by atoms with Gasteiger partial charge in [-0.15, -0.1) is 11.8 Å². The van der Waals surface area contributed by atoms with Crippen molar-refractivity contribution < 1.29 is 4.74 Å². The normalized spacial score (nSPS) is 20.6. The van der Waals surface area contributed by atoms with Crippen LogP contribution in [-0.4, -0.2) is 31.6 Å². The maximum absolute atomic E-state index is 5.54. The average Bonchev–Trinajstić information content (AvgIpc) is 2.93. The quantitative estimate of drug-likeness (QED) is 0.772. The highest BCUT2D eigenvalue weighted by molar-refractivity contribution is 7.99. The molecule has 0 amide bonds. The minimum Gasteiger partial charge on any atom is -0.381 e. The number of benzene rings is 1. The molecule has 3 heteroatoms. The summed E-state index contributed by atoms with van der Waals surface area (Å²) in [6.07, 6.45) is 2.40. The molecule has 0 aromatic heterocycles. The van der Waals surface area contributed by atoms with Crippen LogP contribution in [0.3, 0.4) is 0 Å². The van der Waals surface area contributed by atoms with Gasteiger partial charge in [-0.05, 0) is 38.4 Å². The molecule has 0 bridgehead atoms. The van der Waals surface area contributed by atoms with E-state index < -0.39 is 0 Å². The Labute approximate surface area is 121 Å². The minimum atomic E-state index is 0.577. The van der Waals surface area contributed by atoms with E-state index in [9.17, 15) is 0 Å². The Morgan fingerprint density at radius 2 is 2.37 bits per heavy atom. The van der Waals surface area contributed by atoms with Crippen LogP contribution >= 0.6 is 11.8 Å². The van der Waals surface area contributed by atoms with Crippen LogP contribution in [0.25, 0.3) is 0 Å². The summed E-state index contributed by atoms with van der Waals surface area (Å²) in [5.74, 6) is 1.82. The molecule has 0 aliphatic carbocycles. The van der Waals surface area contributed by atoms with Gasteiger partial charge in [0, 0.05) is 29.2 Å². The van der Waals surface area contributed by atoms with Crippen molar-refractivity contribution in [3.05, 3.63) is 29.8 Å². The van der Waals surface area contributed by atoms with Gasteiger partial charge >= 0.3 is 0 Å². The lowest BCUT2D eigenvalue weighted by Gasteiger charge is -2.23. The van der Waals surface area contributed by atoms with Crippen molar-refractivity contribution in [2.75, 3.05) is 25.5 Å². The predicted octanol–water partition coefficient (Wildman–Crippen LogP) is 3.49. The molecule has 0 radical (unpaired) electrons. The second-order valence-corrected chi connectivity index (χ2v) is 6.41. The van der Waals surface area contributed by atoms with Crippen LogP contribution in [0, 0.1) is 12.8 Å². The molecule has 1 saturated heterocycles. The number of rotatable bonds is 7. The number of thioether (sulfide) groups is 1. The third-order valence-corrected chi connectivity index (χ3v) is 4.72. The Morgan fingerprint density at radius 3 is 3.05 bits per heavy atom. The minimum absolute atomic E-state index is 0.577. The second kappa shape index (κ2) is 7.93. The molecule has 0 spiro atoms. The van der Waals surface area contributed by atoms with E-state index in [2.05, 4.69) is 43.4 Å². The third-order valence-electron chi connectivity index (χ3n) is 3.61. The Balaban J connectivity index is 1.88. The molecule has 1 aliphatic rings. The zero-order chi connectivity index (χ0) is 13.5. The summed E-state index contributed by atoms with van der Waals surface area (Å²) < 4.78 is 5.54. The van der Waals surface area contributed by atoms with E-state index in [1.54, 1.807) is 0 Å². The van der Waals surface area contributed by atoms with Crippen molar-refractivity contribution >= 4 is 11.8 Å². The first-order chi connectivity index (χ1) is 9.29. The maximum atomic E-state index is 5.54. The van der Waals surface area contributed by atoms with Crippen molar-refractivity contribution in [1.82, 2.24) is 5.32 Å². The average molecular weight is 279 g/mol. The van der Waals surface area contributed by atoms with Gasteiger partial charge in [0.1, 0.15) is 0 Å². The summed E-state index contributed by atoms with van der Waals surface area (Å²) in [5, 5.41) is 3.70. The topological polar surface area (TPSA) is 21.3 Å². The summed E-state index contributed by atoms with van der Waals surface area (Å²) in [6, 6.07) is 9.35. The van der Waals surface area contributed by atoms with Crippen LogP contribution in [0.2, 0.25) is 0 Å². The number of aryl methyl sites for hydroxylation is 1. The van der Waals surface area contributed by atoms with E-state index in [4.69, 9.17) is 4.74 Å². The van der Waals surface area contributed by atoms with Gasteiger partial charge in [0.05, 0.1) is 6.61 Å². The Kier molecular flexibility index (Phi) is 6.21. The van der Waals surface area contributed by atoms with Crippen molar-refractivity contribution in [3.63, 3.8) is 0 Å². The van der Waals surface area contributed by atoms with E-state index >= 15 is 0 Å². The molecule has 0 saturated carbocycles. The smallest absolute Gasteiger partial charge is 0.0510 e. The van der Waals surface area contributed by atoms with Gasteiger partial charge in [-0.3, -0.25) is 0 Å². The number of nitrogens with one attached hydrogen (secondary N) is 1. The highest BCUT2D eigenvalue weighted by Crippen LogP contribution is 2.25. The first-order valence-electron chi connectivity index (χ1n) is 7.30. The zero-order valence-electron chi connectivity index (χ0n) is 12.0. The molecule has 1 aromatic carbocycles. The maximum Gasteiger partial charge on any atom is 0.0510 e. The van der Waals surface area contributed by atoms with E-state index in [0.29, 0.717) is 12.0 Å². The fraction of sp³-hybridized carbons (Fsp3) is 0.625. The van der Waals surface area contributed by atoms with Gasteiger partial charge in [-0.1, -0.05) is 24.6 Å². The molecular formula is C16H25NOS. The van der Waals surface area contributed by atoms with Crippen LogP contribution < -0.4 is 5.32 Å². The summed E-state index contributed by atoms with van der Waals surface area (Å²) in [7, 11) is 0. The van der Waals surface area contributed by atoms with E-state index in [0.717, 1.165) is 25.5 Å². The Hall–Kier alpha value is -0.510. The van der Waals surface area contributed by atoms with Gasteiger partial charge in [0.2, 0.25) is 0 Å². The molecule has 2 unspecified atom stereocenters. The second-order valence-electron chi connectivity index (χ2n) is 5.31. The highest BCUT2D eigenvalue weighted by atomic mass is 32.2. The molecule has 106 valence electrons. The molecule has 1 fully saturated rings. The number of hydrogen-bond acceptors (Lipinski definition) is 3. The SMILES string of the molecule is CCCNC(CSc1cccc(C)c1)C1CCOC1. The Morgan fingerprint density at radius 1 is 1.47 bits per heavy atom. The van der Waals surface area contributed by atoms with Crippen molar-refractivity contribution in [3.8, 4) is 0 Å². The fourth-order valence-corrected chi connectivity index (χ4v) is 3.66. The lowest BCUT2D eigenvalue weighted by molar-refractivity contribution is 0.179. The van der Waals surface area contributed by atoms with Gasteiger partial charge in [0.15, 0.2) is 0 Å². The third kappa shape index (κ3) is 4.83. The molecule has 19 heavy (non-hydrogen) atoms. The molecule has 2 rings (SSSR count). The van der Waals surface area contributed by atoms with E-state index in [1.165, 1.54) is 23.3 Å². The van der Waals surface area contributed by atoms with Crippen LogP contribution in [0.1, 0.15) is 25.3 Å². The molecule has 1 heterocycles. The highest BCUT2D eigenvalue weighted by Gasteiger charge is 2.25. The summed E-state index contributed by atoms with van der Waals surface area (Å²) in [4.78, 5) is 1.38. The number of hydrogen-bond donors (Lipinski definition) is 1. The first kappa shape index (κ1) is 14.9. The monoisotopic (exact) mass is 279 g/mol. The largest absolute Gasteiger partial charge is 0.381 e. The predicted molar refractivity (Wildman–Crippen MR) is 82.9 cm³/mol. The lowest BCUT2D eigenvalue weighted by atomic mass is 10.0. The van der Waals surface area contributed by atoms with Gasteiger partial charge in [0.25, 0.3) is 0 Å². The van der Waals surface area contributed by atoms with Crippen LogP contribution in [0.15, 0.2) is 29.2 Å². The van der Waals surface area contributed by atoms with Gasteiger partial charge in [-0.25, -0.2) is 0 Å². The lowest BCUT2D eigenvalue weighted by Crippen LogP contribution is -2.39.